The van der Waals surface area contributed by atoms with Gasteiger partial charge in [0.25, 0.3) is 0 Å². The van der Waals surface area contributed by atoms with E-state index in [2.05, 4.69) is 32.9 Å². The van der Waals surface area contributed by atoms with Gasteiger partial charge in [0, 0.05) is 45.4 Å². The minimum atomic E-state index is -0.233. The molecule has 0 spiro atoms. The third kappa shape index (κ3) is 14.0. The summed E-state index contributed by atoms with van der Waals surface area (Å²) < 4.78 is 5.05. The Morgan fingerprint density at radius 3 is 2.48 bits per heavy atom. The van der Waals surface area contributed by atoms with Crippen LogP contribution < -0.4 is 16.0 Å². The fraction of sp³-hybridized carbons (Fsp3) is 0.875. The summed E-state index contributed by atoms with van der Waals surface area (Å²) in [6, 6.07) is 0. The average molecular weight is 329 g/mol. The number of hydrogen-bond acceptors (Lipinski definition) is 4. The van der Waals surface area contributed by atoms with Crippen LogP contribution in [0.15, 0.2) is 4.99 Å². The second kappa shape index (κ2) is 12.1. The highest BCUT2D eigenvalue weighted by molar-refractivity contribution is 5.85. The summed E-state index contributed by atoms with van der Waals surface area (Å²) in [7, 11) is 3.80. The standard InChI is InChI=1S/C16H35N5O2/c1-7-17-15(19-13-14(22)20-16(2,3)4)18-9-11-21(5)10-8-12-23-6/h7-13H2,1-6H3,(H,20,22)(H2,17,18,19). The van der Waals surface area contributed by atoms with E-state index in [1.807, 2.05) is 27.7 Å². The highest BCUT2D eigenvalue weighted by atomic mass is 16.5. The quantitative estimate of drug-likeness (QED) is 0.308. The average Bonchev–Trinajstić information content (AvgIpc) is 2.43. The normalized spacial score (nSPS) is 12.4. The van der Waals surface area contributed by atoms with Gasteiger partial charge in [-0.05, 0) is 41.2 Å². The van der Waals surface area contributed by atoms with Gasteiger partial charge in [-0.15, -0.1) is 0 Å². The molecule has 0 saturated heterocycles. The summed E-state index contributed by atoms with van der Waals surface area (Å²) in [5, 5.41) is 9.29. The van der Waals surface area contributed by atoms with Crippen molar-refractivity contribution in [1.82, 2.24) is 20.9 Å². The van der Waals surface area contributed by atoms with Gasteiger partial charge in [-0.1, -0.05) is 0 Å². The number of nitrogens with zero attached hydrogens (tertiary/aromatic N) is 2. The number of aliphatic imine (C=N–C) groups is 1. The van der Waals surface area contributed by atoms with Crippen LogP contribution in [0.3, 0.4) is 0 Å². The Kier molecular flexibility index (Phi) is 11.4. The zero-order chi connectivity index (χ0) is 17.7. The van der Waals surface area contributed by atoms with E-state index in [0.717, 1.165) is 39.2 Å². The van der Waals surface area contributed by atoms with Gasteiger partial charge in [0.15, 0.2) is 5.96 Å². The van der Waals surface area contributed by atoms with Crippen molar-refractivity contribution in [1.29, 1.82) is 0 Å². The van der Waals surface area contributed by atoms with Gasteiger partial charge in [0.2, 0.25) is 5.91 Å². The van der Waals surface area contributed by atoms with E-state index in [4.69, 9.17) is 4.74 Å². The lowest BCUT2D eigenvalue weighted by Crippen LogP contribution is -2.44. The van der Waals surface area contributed by atoms with Crippen molar-refractivity contribution in [3.05, 3.63) is 0 Å². The first-order chi connectivity index (χ1) is 10.8. The molecule has 0 heterocycles. The molecule has 0 bridgehead atoms. The molecule has 1 amide bonds. The first kappa shape index (κ1) is 21.7. The van der Waals surface area contributed by atoms with Crippen molar-refractivity contribution in [2.24, 2.45) is 4.99 Å². The molecule has 0 aliphatic rings. The fourth-order valence-electron chi connectivity index (χ4n) is 1.91. The van der Waals surface area contributed by atoms with Gasteiger partial charge < -0.3 is 25.6 Å². The Morgan fingerprint density at radius 1 is 1.22 bits per heavy atom. The second-order valence-electron chi connectivity index (χ2n) is 6.57. The number of guanidine groups is 1. The van der Waals surface area contributed by atoms with Crippen molar-refractivity contribution in [2.45, 2.75) is 39.7 Å². The van der Waals surface area contributed by atoms with Gasteiger partial charge in [0.1, 0.15) is 6.54 Å². The Balaban J connectivity index is 4.14. The molecule has 3 N–H and O–H groups in total. The maximum atomic E-state index is 11.8. The van der Waals surface area contributed by atoms with Crippen LogP contribution in [-0.2, 0) is 9.53 Å². The van der Waals surface area contributed by atoms with Crippen LogP contribution in [0.5, 0.6) is 0 Å². The molecule has 7 heteroatoms. The molecule has 0 aromatic heterocycles. The van der Waals surface area contributed by atoms with Crippen LogP contribution in [-0.4, -0.2) is 75.8 Å². The second-order valence-corrected chi connectivity index (χ2v) is 6.57. The molecule has 136 valence electrons. The van der Waals surface area contributed by atoms with Crippen molar-refractivity contribution in [2.75, 3.05) is 53.5 Å². The molecule has 0 atom stereocenters. The molecule has 0 unspecified atom stereocenters. The Bertz CT molecular complexity index is 353. The molecule has 0 aromatic rings. The zero-order valence-electron chi connectivity index (χ0n) is 15.7. The van der Waals surface area contributed by atoms with Crippen molar-refractivity contribution >= 4 is 11.9 Å². The molecule has 0 aliphatic carbocycles. The fourth-order valence-corrected chi connectivity index (χ4v) is 1.91. The number of carbonyl (C=O) groups excluding carboxylic acids is 1. The number of likely N-dealkylation sites (N-methyl/N-ethyl adjacent to an activating group) is 1. The van der Waals surface area contributed by atoms with E-state index in [0.29, 0.717) is 5.96 Å². The Hall–Kier alpha value is -1.34. The molecule has 0 rings (SSSR count). The maximum Gasteiger partial charge on any atom is 0.242 e. The smallest absolute Gasteiger partial charge is 0.242 e. The highest BCUT2D eigenvalue weighted by Crippen LogP contribution is 1.97. The number of methoxy groups -OCH3 is 1. The Labute approximate surface area is 141 Å². The number of hydrogen-bond donors (Lipinski definition) is 3. The maximum absolute atomic E-state index is 11.8. The summed E-state index contributed by atoms with van der Waals surface area (Å²) in [4.78, 5) is 18.4. The number of carbonyl (C=O) groups is 1. The first-order valence-electron chi connectivity index (χ1n) is 8.29. The van der Waals surface area contributed by atoms with Gasteiger partial charge in [-0.3, -0.25) is 4.79 Å². The molecular weight excluding hydrogens is 294 g/mol. The molecule has 7 nitrogen and oxygen atoms in total. The van der Waals surface area contributed by atoms with E-state index in [9.17, 15) is 4.79 Å². The van der Waals surface area contributed by atoms with E-state index in [-0.39, 0.29) is 18.0 Å². The van der Waals surface area contributed by atoms with Crippen LogP contribution in [0.4, 0.5) is 0 Å². The summed E-state index contributed by atoms with van der Waals surface area (Å²) in [6.07, 6.45) is 1.02. The molecular formula is C16H35N5O2. The lowest BCUT2D eigenvalue weighted by Gasteiger charge is -2.20. The number of amides is 1. The lowest BCUT2D eigenvalue weighted by molar-refractivity contribution is -0.121. The van der Waals surface area contributed by atoms with E-state index < -0.39 is 0 Å². The predicted octanol–water partition coefficient (Wildman–Crippen LogP) is 0.425. The van der Waals surface area contributed by atoms with E-state index in [1.165, 1.54) is 0 Å². The summed E-state index contributed by atoms with van der Waals surface area (Å²) in [5.74, 6) is 0.591. The third-order valence-corrected chi connectivity index (χ3v) is 2.91. The number of ether oxygens (including phenoxy) is 1. The molecule has 0 radical (unpaired) electrons. The molecule has 23 heavy (non-hydrogen) atoms. The predicted molar refractivity (Wildman–Crippen MR) is 95.9 cm³/mol. The highest BCUT2D eigenvalue weighted by Gasteiger charge is 2.13. The number of nitrogens with one attached hydrogen (secondary N) is 3. The van der Waals surface area contributed by atoms with Crippen LogP contribution in [0.1, 0.15) is 34.1 Å². The number of rotatable bonds is 10. The largest absolute Gasteiger partial charge is 0.385 e. The van der Waals surface area contributed by atoms with Crippen molar-refractivity contribution in [3.8, 4) is 0 Å². The van der Waals surface area contributed by atoms with Gasteiger partial charge >= 0.3 is 0 Å². The topological polar surface area (TPSA) is 78.0 Å². The van der Waals surface area contributed by atoms with Gasteiger partial charge in [-0.2, -0.15) is 0 Å². The Morgan fingerprint density at radius 2 is 1.91 bits per heavy atom. The summed E-state index contributed by atoms with van der Waals surface area (Å²) >= 11 is 0. The van der Waals surface area contributed by atoms with Crippen molar-refractivity contribution < 1.29 is 9.53 Å². The van der Waals surface area contributed by atoms with E-state index in [1.54, 1.807) is 7.11 Å². The van der Waals surface area contributed by atoms with E-state index >= 15 is 0 Å². The summed E-state index contributed by atoms with van der Waals surface area (Å²) in [5.41, 5.74) is -0.233. The van der Waals surface area contributed by atoms with Crippen LogP contribution in [0.2, 0.25) is 0 Å². The minimum absolute atomic E-state index is 0.0774. The molecule has 0 saturated carbocycles. The van der Waals surface area contributed by atoms with Crippen LogP contribution >= 0.6 is 0 Å². The molecule has 0 aromatic carbocycles. The molecule has 0 aliphatic heterocycles. The van der Waals surface area contributed by atoms with Crippen molar-refractivity contribution in [3.63, 3.8) is 0 Å². The van der Waals surface area contributed by atoms with Crippen LogP contribution in [0.25, 0.3) is 0 Å². The first-order valence-corrected chi connectivity index (χ1v) is 8.29. The monoisotopic (exact) mass is 329 g/mol. The molecule has 0 fully saturated rings. The SMILES string of the molecule is CCNC(=NCC(=O)NC(C)(C)C)NCCN(C)CCCOC. The zero-order valence-corrected chi connectivity index (χ0v) is 15.7. The lowest BCUT2D eigenvalue weighted by atomic mass is 10.1. The third-order valence-electron chi connectivity index (χ3n) is 2.91. The minimum Gasteiger partial charge on any atom is -0.385 e. The van der Waals surface area contributed by atoms with Gasteiger partial charge in [-0.25, -0.2) is 4.99 Å². The summed E-state index contributed by atoms with van der Waals surface area (Å²) in [6.45, 7) is 12.2. The van der Waals surface area contributed by atoms with Gasteiger partial charge in [0.05, 0.1) is 0 Å². The van der Waals surface area contributed by atoms with Crippen LogP contribution in [0, 0.1) is 0 Å².